The molecule has 2 aromatic carbocycles. The van der Waals surface area contributed by atoms with Crippen LogP contribution in [0.4, 0.5) is 0 Å². The number of ether oxygens (including phenoxy) is 2. The normalized spacial score (nSPS) is 12.0. The first kappa shape index (κ1) is 17.4. The van der Waals surface area contributed by atoms with E-state index in [9.17, 15) is 0 Å². The van der Waals surface area contributed by atoms with E-state index in [0.717, 1.165) is 24.3 Å². The standard InChI is InChI=1S/C20H27NO2/c1-15-9-10-16(2)20(12-15)17(14-21)6-5-11-23-19-8-4-7-18(13-19)22-3/h4,7-10,12-13,17H,5-6,11,14,21H2,1-3H3. The van der Waals surface area contributed by atoms with Crippen molar-refractivity contribution in [1.29, 1.82) is 0 Å². The van der Waals surface area contributed by atoms with Gasteiger partial charge in [0.2, 0.25) is 0 Å². The topological polar surface area (TPSA) is 44.5 Å². The third kappa shape index (κ3) is 5.00. The summed E-state index contributed by atoms with van der Waals surface area (Å²) in [7, 11) is 1.66. The van der Waals surface area contributed by atoms with Gasteiger partial charge in [-0.3, -0.25) is 0 Å². The molecule has 0 spiro atoms. The van der Waals surface area contributed by atoms with Crippen molar-refractivity contribution in [3.63, 3.8) is 0 Å². The molecule has 0 saturated carbocycles. The van der Waals surface area contributed by atoms with E-state index in [1.807, 2.05) is 24.3 Å². The van der Waals surface area contributed by atoms with Gasteiger partial charge in [0, 0.05) is 6.07 Å². The average molecular weight is 313 g/mol. The van der Waals surface area contributed by atoms with E-state index in [0.29, 0.717) is 19.1 Å². The highest BCUT2D eigenvalue weighted by Gasteiger charge is 2.12. The van der Waals surface area contributed by atoms with Crippen molar-refractivity contribution in [2.24, 2.45) is 5.73 Å². The Morgan fingerprint density at radius 3 is 2.57 bits per heavy atom. The molecule has 3 heteroatoms. The highest BCUT2D eigenvalue weighted by atomic mass is 16.5. The lowest BCUT2D eigenvalue weighted by Crippen LogP contribution is -2.15. The zero-order chi connectivity index (χ0) is 16.7. The quantitative estimate of drug-likeness (QED) is 0.742. The summed E-state index contributed by atoms with van der Waals surface area (Å²) in [5, 5.41) is 0. The molecule has 1 atom stereocenters. The lowest BCUT2D eigenvalue weighted by molar-refractivity contribution is 0.299. The van der Waals surface area contributed by atoms with Crippen molar-refractivity contribution < 1.29 is 9.47 Å². The van der Waals surface area contributed by atoms with Gasteiger partial charge >= 0.3 is 0 Å². The highest BCUT2D eigenvalue weighted by Crippen LogP contribution is 2.25. The first-order chi connectivity index (χ1) is 11.1. The van der Waals surface area contributed by atoms with Crippen LogP contribution in [0.25, 0.3) is 0 Å². The molecule has 0 bridgehead atoms. The SMILES string of the molecule is COc1cccc(OCCCC(CN)c2cc(C)ccc2C)c1. The summed E-state index contributed by atoms with van der Waals surface area (Å²) in [5.41, 5.74) is 9.97. The van der Waals surface area contributed by atoms with Gasteiger partial charge in [-0.15, -0.1) is 0 Å². The van der Waals surface area contributed by atoms with Gasteiger partial charge in [0.05, 0.1) is 13.7 Å². The fraction of sp³-hybridized carbons (Fsp3) is 0.400. The molecule has 0 aliphatic heterocycles. The Kier molecular flexibility index (Phi) is 6.48. The van der Waals surface area contributed by atoms with Crippen LogP contribution < -0.4 is 15.2 Å². The fourth-order valence-electron chi connectivity index (χ4n) is 2.81. The van der Waals surface area contributed by atoms with Crippen LogP contribution in [0.5, 0.6) is 11.5 Å². The minimum Gasteiger partial charge on any atom is -0.497 e. The lowest BCUT2D eigenvalue weighted by atomic mass is 9.90. The molecule has 23 heavy (non-hydrogen) atoms. The van der Waals surface area contributed by atoms with Gasteiger partial charge in [0.25, 0.3) is 0 Å². The molecule has 2 aromatic rings. The predicted octanol–water partition coefficient (Wildman–Crippen LogP) is 4.21. The largest absolute Gasteiger partial charge is 0.497 e. The molecule has 124 valence electrons. The molecule has 0 heterocycles. The Morgan fingerprint density at radius 2 is 1.83 bits per heavy atom. The number of hydrogen-bond acceptors (Lipinski definition) is 3. The van der Waals surface area contributed by atoms with E-state index < -0.39 is 0 Å². The first-order valence-electron chi connectivity index (χ1n) is 8.18. The van der Waals surface area contributed by atoms with Crippen molar-refractivity contribution >= 4 is 0 Å². The van der Waals surface area contributed by atoms with Crippen LogP contribution in [0.3, 0.4) is 0 Å². The molecule has 0 aromatic heterocycles. The minimum absolute atomic E-state index is 0.392. The zero-order valence-electron chi connectivity index (χ0n) is 14.3. The van der Waals surface area contributed by atoms with Crippen LogP contribution in [-0.2, 0) is 0 Å². The van der Waals surface area contributed by atoms with E-state index >= 15 is 0 Å². The Hall–Kier alpha value is -2.00. The molecular weight excluding hydrogens is 286 g/mol. The Labute approximate surface area is 139 Å². The van der Waals surface area contributed by atoms with Crippen molar-refractivity contribution in [1.82, 2.24) is 0 Å². The van der Waals surface area contributed by atoms with Crippen LogP contribution in [0.2, 0.25) is 0 Å². The van der Waals surface area contributed by atoms with E-state index in [1.165, 1.54) is 16.7 Å². The summed E-state index contributed by atoms with van der Waals surface area (Å²) < 4.78 is 11.0. The summed E-state index contributed by atoms with van der Waals surface area (Å²) >= 11 is 0. The number of nitrogens with two attached hydrogens (primary N) is 1. The monoisotopic (exact) mass is 313 g/mol. The smallest absolute Gasteiger partial charge is 0.122 e. The Bertz CT molecular complexity index is 625. The number of rotatable bonds is 8. The van der Waals surface area contributed by atoms with Crippen molar-refractivity contribution in [3.05, 3.63) is 59.2 Å². The maximum absolute atomic E-state index is 6.00. The molecule has 0 radical (unpaired) electrons. The Balaban J connectivity index is 1.87. The number of aryl methyl sites for hydroxylation is 2. The maximum Gasteiger partial charge on any atom is 0.122 e. The molecule has 3 nitrogen and oxygen atoms in total. The van der Waals surface area contributed by atoms with Crippen LogP contribution in [0, 0.1) is 13.8 Å². The molecule has 2 N–H and O–H groups in total. The zero-order valence-corrected chi connectivity index (χ0v) is 14.3. The summed E-state index contributed by atoms with van der Waals surface area (Å²) in [4.78, 5) is 0. The number of methoxy groups -OCH3 is 1. The third-order valence-electron chi connectivity index (χ3n) is 4.17. The molecule has 0 aliphatic carbocycles. The van der Waals surface area contributed by atoms with Gasteiger partial charge < -0.3 is 15.2 Å². The second-order valence-corrected chi connectivity index (χ2v) is 5.96. The molecule has 2 rings (SSSR count). The van der Waals surface area contributed by atoms with Gasteiger partial charge in [0.15, 0.2) is 0 Å². The molecule has 0 fully saturated rings. The summed E-state index contributed by atoms with van der Waals surface area (Å²) in [6.07, 6.45) is 2.01. The summed E-state index contributed by atoms with van der Waals surface area (Å²) in [6, 6.07) is 14.3. The van der Waals surface area contributed by atoms with Crippen LogP contribution in [0.1, 0.15) is 35.4 Å². The Morgan fingerprint density at radius 1 is 1.04 bits per heavy atom. The van der Waals surface area contributed by atoms with Crippen LogP contribution in [-0.4, -0.2) is 20.3 Å². The first-order valence-corrected chi connectivity index (χ1v) is 8.18. The van der Waals surface area contributed by atoms with E-state index in [-0.39, 0.29) is 0 Å². The lowest BCUT2D eigenvalue weighted by Gasteiger charge is -2.18. The summed E-state index contributed by atoms with van der Waals surface area (Å²) in [6.45, 7) is 5.64. The van der Waals surface area contributed by atoms with Crippen LogP contribution in [0.15, 0.2) is 42.5 Å². The van der Waals surface area contributed by atoms with E-state index in [4.69, 9.17) is 15.2 Å². The number of hydrogen-bond donors (Lipinski definition) is 1. The third-order valence-corrected chi connectivity index (χ3v) is 4.17. The molecule has 0 amide bonds. The predicted molar refractivity (Wildman–Crippen MR) is 95.4 cm³/mol. The van der Waals surface area contributed by atoms with Gasteiger partial charge in [-0.05, 0) is 62.4 Å². The molecule has 0 aliphatic rings. The van der Waals surface area contributed by atoms with E-state index in [1.54, 1.807) is 7.11 Å². The second kappa shape index (κ2) is 8.59. The van der Waals surface area contributed by atoms with Gasteiger partial charge in [-0.2, -0.15) is 0 Å². The van der Waals surface area contributed by atoms with Gasteiger partial charge in [0.1, 0.15) is 11.5 Å². The molecule has 1 unspecified atom stereocenters. The maximum atomic E-state index is 6.00. The van der Waals surface area contributed by atoms with Gasteiger partial charge in [-0.1, -0.05) is 29.8 Å². The van der Waals surface area contributed by atoms with Crippen molar-refractivity contribution in [2.75, 3.05) is 20.3 Å². The van der Waals surface area contributed by atoms with E-state index in [2.05, 4.69) is 32.0 Å². The summed E-state index contributed by atoms with van der Waals surface area (Å²) in [5.74, 6) is 2.06. The fourth-order valence-corrected chi connectivity index (χ4v) is 2.81. The van der Waals surface area contributed by atoms with Crippen molar-refractivity contribution in [3.8, 4) is 11.5 Å². The molecule has 0 saturated heterocycles. The van der Waals surface area contributed by atoms with Crippen molar-refractivity contribution in [2.45, 2.75) is 32.6 Å². The second-order valence-electron chi connectivity index (χ2n) is 5.96. The highest BCUT2D eigenvalue weighted by molar-refractivity contribution is 5.34. The average Bonchev–Trinajstić information content (AvgIpc) is 2.58. The molecular formula is C20H27NO2. The van der Waals surface area contributed by atoms with Crippen LogP contribution >= 0.6 is 0 Å². The number of benzene rings is 2. The van der Waals surface area contributed by atoms with Gasteiger partial charge in [-0.25, -0.2) is 0 Å². The minimum atomic E-state index is 0.392.